The first-order chi connectivity index (χ1) is 9.69. The predicted molar refractivity (Wildman–Crippen MR) is 85.1 cm³/mol. The topological polar surface area (TPSA) is 63.6 Å². The smallest absolute Gasteiger partial charge is 0.224 e. The van der Waals surface area contributed by atoms with Gasteiger partial charge in [0.15, 0.2) is 4.34 Å². The zero-order chi connectivity index (χ0) is 14.1. The fraction of sp³-hybridized carbons (Fsp3) is 0.333. The van der Waals surface area contributed by atoms with Crippen LogP contribution in [-0.2, 0) is 6.42 Å². The number of hydrogen-bond donors (Lipinski definition) is 1. The fourth-order valence-electron chi connectivity index (χ4n) is 1.71. The van der Waals surface area contributed by atoms with Gasteiger partial charge in [-0.1, -0.05) is 18.3 Å². The summed E-state index contributed by atoms with van der Waals surface area (Å²) in [6.45, 7) is 4.11. The molecule has 3 heterocycles. The molecule has 0 aliphatic carbocycles. The molecule has 3 rings (SSSR count). The monoisotopic (exact) mass is 323 g/mol. The van der Waals surface area contributed by atoms with E-state index in [-0.39, 0.29) is 0 Å². The fourth-order valence-corrected chi connectivity index (χ4v) is 4.57. The zero-order valence-electron chi connectivity index (χ0n) is 11.3. The van der Waals surface area contributed by atoms with E-state index in [0.29, 0.717) is 5.95 Å². The Kier molecular flexibility index (Phi) is 3.86. The van der Waals surface area contributed by atoms with Crippen LogP contribution < -0.4 is 5.32 Å². The average molecular weight is 323 g/mol. The molecule has 0 aromatic carbocycles. The maximum atomic E-state index is 4.56. The first-order valence-corrected chi connectivity index (χ1v) is 8.60. The molecule has 3 aromatic heterocycles. The summed E-state index contributed by atoms with van der Waals surface area (Å²) in [6.07, 6.45) is 1.01. The number of nitrogens with one attached hydrogen (secondary N) is 1. The Balaban J connectivity index is 2.09. The van der Waals surface area contributed by atoms with Gasteiger partial charge in [-0.05, 0) is 31.2 Å². The number of aromatic nitrogens is 4. The summed E-state index contributed by atoms with van der Waals surface area (Å²) in [7, 11) is 1.83. The van der Waals surface area contributed by atoms with Gasteiger partial charge in [-0.15, -0.1) is 21.5 Å². The highest BCUT2D eigenvalue weighted by Gasteiger charge is 2.14. The van der Waals surface area contributed by atoms with Crippen molar-refractivity contribution >= 4 is 50.6 Å². The van der Waals surface area contributed by atoms with E-state index in [9.17, 15) is 0 Å². The molecule has 0 aliphatic rings. The van der Waals surface area contributed by atoms with Crippen molar-refractivity contribution in [1.82, 2.24) is 20.2 Å². The highest BCUT2D eigenvalue weighted by molar-refractivity contribution is 8.01. The van der Waals surface area contributed by atoms with Crippen LogP contribution in [0.4, 0.5) is 5.95 Å². The summed E-state index contributed by atoms with van der Waals surface area (Å²) >= 11 is 4.85. The molecular formula is C12H13N5S3. The highest BCUT2D eigenvalue weighted by atomic mass is 32.2. The molecule has 3 aromatic rings. The van der Waals surface area contributed by atoms with Gasteiger partial charge < -0.3 is 5.32 Å². The molecule has 104 valence electrons. The van der Waals surface area contributed by atoms with Gasteiger partial charge in [0.05, 0.1) is 0 Å². The minimum Gasteiger partial charge on any atom is -0.357 e. The van der Waals surface area contributed by atoms with Crippen molar-refractivity contribution in [3.05, 3.63) is 16.0 Å². The molecule has 0 bridgehead atoms. The Morgan fingerprint density at radius 2 is 2.10 bits per heavy atom. The van der Waals surface area contributed by atoms with Crippen molar-refractivity contribution in [3.63, 3.8) is 0 Å². The average Bonchev–Trinajstić information content (AvgIpc) is 3.04. The van der Waals surface area contributed by atoms with Crippen molar-refractivity contribution in [2.45, 2.75) is 29.6 Å². The standard InChI is InChI=1S/C12H13N5S3/c1-4-7-5-8-9(19-7)14-11(13-3)15-10(8)20-12-17-16-6(2)18-12/h5H,4H2,1-3H3,(H,13,14,15). The predicted octanol–water partition coefficient (Wildman–Crippen LogP) is 3.61. The van der Waals surface area contributed by atoms with Crippen LogP contribution in [-0.4, -0.2) is 27.2 Å². The van der Waals surface area contributed by atoms with E-state index in [4.69, 9.17) is 0 Å². The van der Waals surface area contributed by atoms with E-state index in [2.05, 4.69) is 38.5 Å². The molecule has 0 radical (unpaired) electrons. The molecule has 0 atom stereocenters. The van der Waals surface area contributed by atoms with Gasteiger partial charge in [0.25, 0.3) is 0 Å². The van der Waals surface area contributed by atoms with E-state index < -0.39 is 0 Å². The van der Waals surface area contributed by atoms with Crippen LogP contribution in [0, 0.1) is 6.92 Å². The van der Waals surface area contributed by atoms with Crippen LogP contribution in [0.5, 0.6) is 0 Å². The van der Waals surface area contributed by atoms with Crippen LogP contribution in [0.25, 0.3) is 10.2 Å². The van der Waals surface area contributed by atoms with Gasteiger partial charge in [0.1, 0.15) is 14.9 Å². The molecule has 0 fully saturated rings. The van der Waals surface area contributed by atoms with Crippen LogP contribution >= 0.6 is 34.4 Å². The van der Waals surface area contributed by atoms with Gasteiger partial charge in [-0.25, -0.2) is 9.97 Å². The molecule has 0 saturated carbocycles. The second-order valence-corrected chi connectivity index (χ2v) is 7.61. The highest BCUT2D eigenvalue weighted by Crippen LogP contribution is 2.37. The third-order valence-corrected chi connectivity index (χ3v) is 5.74. The molecule has 0 spiro atoms. The van der Waals surface area contributed by atoms with Gasteiger partial charge >= 0.3 is 0 Å². The molecule has 0 amide bonds. The Bertz CT molecular complexity index is 749. The minimum atomic E-state index is 0.644. The minimum absolute atomic E-state index is 0.644. The summed E-state index contributed by atoms with van der Waals surface area (Å²) in [6, 6.07) is 2.18. The largest absolute Gasteiger partial charge is 0.357 e. The van der Waals surface area contributed by atoms with Crippen molar-refractivity contribution in [2.75, 3.05) is 12.4 Å². The van der Waals surface area contributed by atoms with E-state index in [1.807, 2.05) is 14.0 Å². The molecule has 0 unspecified atom stereocenters. The normalized spacial score (nSPS) is 11.2. The molecule has 0 aliphatic heterocycles. The lowest BCUT2D eigenvalue weighted by Gasteiger charge is -2.02. The number of thiophene rings is 1. The Morgan fingerprint density at radius 1 is 1.25 bits per heavy atom. The molecule has 0 saturated heterocycles. The van der Waals surface area contributed by atoms with Crippen LogP contribution in [0.1, 0.15) is 16.8 Å². The molecule has 20 heavy (non-hydrogen) atoms. The van der Waals surface area contributed by atoms with Crippen molar-refractivity contribution < 1.29 is 0 Å². The Hall–Kier alpha value is -1.25. The number of rotatable bonds is 4. The van der Waals surface area contributed by atoms with Crippen LogP contribution in [0.15, 0.2) is 15.4 Å². The lowest BCUT2D eigenvalue weighted by molar-refractivity contribution is 0.981. The molecular weight excluding hydrogens is 310 g/mol. The Morgan fingerprint density at radius 3 is 2.75 bits per heavy atom. The van der Waals surface area contributed by atoms with E-state index >= 15 is 0 Å². The van der Waals surface area contributed by atoms with E-state index in [1.54, 1.807) is 34.4 Å². The lowest BCUT2D eigenvalue weighted by atomic mass is 10.3. The maximum Gasteiger partial charge on any atom is 0.224 e. The maximum absolute atomic E-state index is 4.56. The van der Waals surface area contributed by atoms with Gasteiger partial charge in [0.2, 0.25) is 5.95 Å². The number of fused-ring (bicyclic) bond motifs is 1. The quantitative estimate of drug-likeness (QED) is 0.740. The summed E-state index contributed by atoms with van der Waals surface area (Å²) in [5.74, 6) is 0.644. The third kappa shape index (κ3) is 2.63. The second kappa shape index (κ2) is 5.63. The van der Waals surface area contributed by atoms with E-state index in [0.717, 1.165) is 31.0 Å². The second-order valence-electron chi connectivity index (χ2n) is 4.08. The Labute approximate surface area is 128 Å². The molecule has 8 heteroatoms. The van der Waals surface area contributed by atoms with E-state index in [1.165, 1.54) is 4.88 Å². The summed E-state index contributed by atoms with van der Waals surface area (Å²) in [5, 5.41) is 14.2. The first-order valence-electron chi connectivity index (χ1n) is 6.15. The lowest BCUT2D eigenvalue weighted by Crippen LogP contribution is -1.96. The van der Waals surface area contributed by atoms with Crippen molar-refractivity contribution in [1.29, 1.82) is 0 Å². The van der Waals surface area contributed by atoms with Crippen LogP contribution in [0.2, 0.25) is 0 Å². The van der Waals surface area contributed by atoms with Crippen molar-refractivity contribution in [2.24, 2.45) is 0 Å². The number of nitrogens with zero attached hydrogens (tertiary/aromatic N) is 4. The number of hydrogen-bond acceptors (Lipinski definition) is 8. The molecule has 1 N–H and O–H groups in total. The third-order valence-electron chi connectivity index (χ3n) is 2.67. The van der Waals surface area contributed by atoms with Gasteiger partial charge in [-0.2, -0.15) is 0 Å². The number of aryl methyl sites for hydroxylation is 2. The van der Waals surface area contributed by atoms with Gasteiger partial charge in [0, 0.05) is 17.3 Å². The zero-order valence-corrected chi connectivity index (χ0v) is 13.7. The van der Waals surface area contributed by atoms with Crippen LogP contribution in [0.3, 0.4) is 0 Å². The first kappa shape index (κ1) is 13.7. The number of anilines is 1. The van der Waals surface area contributed by atoms with Crippen molar-refractivity contribution in [3.8, 4) is 0 Å². The molecule has 5 nitrogen and oxygen atoms in total. The SMILES string of the molecule is CCc1cc2c(Sc3nnc(C)s3)nc(NC)nc2s1. The van der Waals surface area contributed by atoms with Gasteiger partial charge in [-0.3, -0.25) is 0 Å². The summed E-state index contributed by atoms with van der Waals surface area (Å²) in [4.78, 5) is 11.4. The summed E-state index contributed by atoms with van der Waals surface area (Å²) in [5.41, 5.74) is 0. The summed E-state index contributed by atoms with van der Waals surface area (Å²) < 4.78 is 0.911.